The third-order valence-corrected chi connectivity index (χ3v) is 15.7. The summed E-state index contributed by atoms with van der Waals surface area (Å²) in [5.74, 6) is 10.7. The van der Waals surface area contributed by atoms with Crippen molar-refractivity contribution in [3.05, 3.63) is 75.8 Å². The average Bonchev–Trinajstić information content (AvgIpc) is 4.31. The second-order valence-electron chi connectivity index (χ2n) is 16.2. The number of unbranched alkanes of at least 4 members (excludes halogenated alkanes) is 3. The molecule has 12 heterocycles. The Bertz CT molecular complexity index is 2390. The standard InChI is InChI=1S/C13H16O5S.C12H18O2S.C7H7ClO2S.C7H8O2S.C6H6O2S.C6H6O2Se/c1-9(2)13(14)16-4-3-15-5-10-6-17-11-7-19-8-12(11)18-10;1-2-3-4-5-6-10-7-13-11-8-15-9-12(11)14-10;8-1-5-2-9-6-3-11-4-7(6)10-5;1-2-8-6-4-10-5-7(6)9-3-1;2*1-2-8-6-4-9-3-5(6)7-1/h7-8,10H,1,3-6H2,2H3;8-10H,2-7H2,1H3;3-5H,1-2H2;4-5H,1-3H2;2*3-4H,1-2H2. The molecule has 0 N–H and O–H groups in total. The van der Waals surface area contributed by atoms with Crippen molar-refractivity contribution >= 4 is 88.8 Å². The van der Waals surface area contributed by atoms with Crippen molar-refractivity contribution in [3.63, 3.8) is 0 Å². The molecule has 73 heavy (non-hydrogen) atoms. The van der Waals surface area contributed by atoms with E-state index < -0.39 is 5.97 Å². The van der Waals surface area contributed by atoms with Crippen LogP contribution in [0.3, 0.4) is 0 Å². The molecule has 3 unspecified atom stereocenters. The van der Waals surface area contributed by atoms with Crippen LogP contribution in [0, 0.1) is 0 Å². The predicted octanol–water partition coefficient (Wildman–Crippen LogP) is 12.0. The largest absolute Gasteiger partial charge is 0.489 e. The third-order valence-electron chi connectivity index (χ3n) is 10.4. The topological polar surface area (TPSA) is 146 Å². The van der Waals surface area contributed by atoms with Crippen molar-refractivity contribution in [2.75, 3.05) is 85.2 Å². The molecule has 15 nitrogen and oxygen atoms in total. The molecule has 6 aliphatic rings. The molecule has 0 spiro atoms. The minimum Gasteiger partial charge on any atom is -0.489 e. The number of halogens is 1. The second-order valence-corrected chi connectivity index (χ2v) is 21.8. The fourth-order valence-corrected chi connectivity index (χ4v) is 11.7. The molecular weight excluding hydrogens is 1130 g/mol. The molecule has 0 bridgehead atoms. The number of rotatable bonds is 12. The SMILES string of the molecule is C=C(C)C(=O)OCCOCC1COc2cscc2O1.CCCCCCC1COc2cscc2O1.ClCC1COc2cscc2O1.c1[se]cc2c1OCCO2.c1scc2c1OCCCO2.c1scc2c1OCCO2. The van der Waals surface area contributed by atoms with Gasteiger partial charge in [0.1, 0.15) is 51.8 Å². The number of hydrogen-bond acceptors (Lipinski definition) is 20. The number of fused-ring (bicyclic) bond motifs is 6. The van der Waals surface area contributed by atoms with Crippen LogP contribution in [0.2, 0.25) is 0 Å². The molecule has 0 saturated heterocycles. The molecule has 0 fully saturated rings. The Morgan fingerprint density at radius 3 is 1.44 bits per heavy atom. The van der Waals surface area contributed by atoms with E-state index in [1.54, 1.807) is 52.3 Å². The Hall–Kier alpha value is -4.44. The summed E-state index contributed by atoms with van der Waals surface area (Å²) < 4.78 is 75.6. The van der Waals surface area contributed by atoms with Gasteiger partial charge < -0.3 is 56.8 Å². The van der Waals surface area contributed by atoms with Gasteiger partial charge in [-0.1, -0.05) is 32.8 Å². The van der Waals surface area contributed by atoms with Gasteiger partial charge in [-0.25, -0.2) is 4.79 Å². The van der Waals surface area contributed by atoms with E-state index in [0.29, 0.717) is 78.8 Å². The van der Waals surface area contributed by atoms with Gasteiger partial charge in [0.25, 0.3) is 0 Å². The number of thiophene rings is 5. The normalized spacial score (nSPS) is 17.7. The van der Waals surface area contributed by atoms with Gasteiger partial charge in [0.15, 0.2) is 63.6 Å². The molecule has 0 radical (unpaired) electrons. The summed E-state index contributed by atoms with van der Waals surface area (Å²) in [6.45, 7) is 14.4. The van der Waals surface area contributed by atoms with E-state index >= 15 is 0 Å². The van der Waals surface area contributed by atoms with Gasteiger partial charge in [-0.3, -0.25) is 0 Å². The molecule has 3 atom stereocenters. The Balaban J connectivity index is 0.000000131. The molecule has 6 aliphatic heterocycles. The van der Waals surface area contributed by atoms with Crippen molar-refractivity contribution in [3.8, 4) is 69.0 Å². The maximum atomic E-state index is 11.1. The summed E-state index contributed by atoms with van der Waals surface area (Å²) >= 11 is 14.1. The van der Waals surface area contributed by atoms with Crippen LogP contribution < -0.4 is 56.8 Å². The van der Waals surface area contributed by atoms with E-state index in [0.717, 1.165) is 102 Å². The first-order valence-electron chi connectivity index (χ1n) is 23.8. The van der Waals surface area contributed by atoms with Crippen molar-refractivity contribution in [2.24, 2.45) is 0 Å². The molecule has 0 saturated carbocycles. The molecule has 6 aromatic rings. The quantitative estimate of drug-likeness (QED) is 0.0376. The fourth-order valence-electron chi connectivity index (χ4n) is 6.70. The van der Waals surface area contributed by atoms with E-state index in [-0.39, 0.29) is 24.9 Å². The summed E-state index contributed by atoms with van der Waals surface area (Å²) in [6, 6.07) is 0. The summed E-state index contributed by atoms with van der Waals surface area (Å²) in [4.78, 5) is 15.3. The first-order valence-corrected chi connectivity index (χ1v) is 31.1. The molecule has 398 valence electrons. The van der Waals surface area contributed by atoms with Crippen LogP contribution in [0.15, 0.2) is 75.8 Å². The minimum absolute atomic E-state index is 0.0127. The van der Waals surface area contributed by atoms with Gasteiger partial charge in [-0.2, -0.15) is 0 Å². The van der Waals surface area contributed by atoms with E-state index in [4.69, 9.17) is 77.9 Å². The zero-order valence-electron chi connectivity index (χ0n) is 40.8. The van der Waals surface area contributed by atoms with Crippen LogP contribution in [0.5, 0.6) is 69.0 Å². The summed E-state index contributed by atoms with van der Waals surface area (Å²) in [7, 11) is 0. The Morgan fingerprint density at radius 2 is 0.959 bits per heavy atom. The Labute approximate surface area is 457 Å². The van der Waals surface area contributed by atoms with Crippen LogP contribution in [0.25, 0.3) is 0 Å². The number of carbonyl (C=O) groups excluding carboxylic acids is 1. The maximum Gasteiger partial charge on any atom is 0.172 e. The molecule has 6 aromatic heterocycles. The van der Waals surface area contributed by atoms with Gasteiger partial charge in [0.05, 0.1) is 32.3 Å². The Morgan fingerprint density at radius 1 is 0.548 bits per heavy atom. The Kier molecular flexibility index (Phi) is 24.2. The van der Waals surface area contributed by atoms with Gasteiger partial charge in [0, 0.05) is 65.8 Å². The molecule has 12 rings (SSSR count). The summed E-state index contributed by atoms with van der Waals surface area (Å²) in [5, 5.41) is 19.5. The monoisotopic (exact) mass is 1190 g/mol. The zero-order valence-corrected chi connectivity index (χ0v) is 47.3. The van der Waals surface area contributed by atoms with Crippen molar-refractivity contribution in [2.45, 2.75) is 70.7 Å². The van der Waals surface area contributed by atoms with Crippen molar-refractivity contribution < 1.29 is 71.1 Å². The van der Waals surface area contributed by atoms with Crippen LogP contribution >= 0.6 is 68.3 Å². The third kappa shape index (κ3) is 18.7. The predicted molar refractivity (Wildman–Crippen MR) is 288 cm³/mol. The summed E-state index contributed by atoms with van der Waals surface area (Å²) in [5.41, 5.74) is 0.383. The number of alkyl halides is 1. The number of ether oxygens (including phenoxy) is 14. The fraction of sp³-hybridized carbons (Fsp3) is 0.471. The van der Waals surface area contributed by atoms with E-state index in [9.17, 15) is 4.79 Å². The van der Waals surface area contributed by atoms with E-state index in [1.165, 1.54) is 37.0 Å². The van der Waals surface area contributed by atoms with Crippen LogP contribution in [0.4, 0.5) is 0 Å². The molecule has 0 amide bonds. The van der Waals surface area contributed by atoms with Gasteiger partial charge in [-0.15, -0.1) is 68.3 Å². The smallest absolute Gasteiger partial charge is 0.172 e. The van der Waals surface area contributed by atoms with E-state index in [2.05, 4.69) is 23.4 Å². The minimum atomic E-state index is -0.399. The number of carbonyl (C=O) groups is 1. The first-order chi connectivity index (χ1) is 35.9. The first kappa shape index (κ1) is 56.3. The van der Waals surface area contributed by atoms with Crippen LogP contribution in [-0.4, -0.2) is 124 Å². The molecular formula is C51H61ClO15S5Se. The van der Waals surface area contributed by atoms with Crippen molar-refractivity contribution in [1.29, 1.82) is 0 Å². The number of hydrogen-bond donors (Lipinski definition) is 0. The molecule has 0 aromatic carbocycles. The summed E-state index contributed by atoms with van der Waals surface area (Å²) in [6.07, 6.45) is 7.44. The molecule has 22 heteroatoms. The van der Waals surface area contributed by atoms with Gasteiger partial charge >= 0.3 is 64.5 Å². The van der Waals surface area contributed by atoms with Crippen LogP contribution in [-0.2, 0) is 14.3 Å². The van der Waals surface area contributed by atoms with Gasteiger partial charge in [0.2, 0.25) is 0 Å². The second kappa shape index (κ2) is 31.4. The molecule has 0 aliphatic carbocycles. The van der Waals surface area contributed by atoms with Crippen LogP contribution in [0.1, 0.15) is 52.4 Å². The number of esters is 1. The van der Waals surface area contributed by atoms with E-state index in [1.807, 2.05) is 53.8 Å². The van der Waals surface area contributed by atoms with Crippen molar-refractivity contribution in [1.82, 2.24) is 0 Å². The maximum absolute atomic E-state index is 11.1. The average molecular weight is 1190 g/mol. The zero-order chi connectivity index (χ0) is 50.9. The van der Waals surface area contributed by atoms with Gasteiger partial charge in [-0.05, 0) is 19.8 Å².